The number of hydrogen-bond donors (Lipinski definition) is 1. The molecule has 2 heterocycles. The molecule has 2 aliphatic rings. The second kappa shape index (κ2) is 5.80. The van der Waals surface area contributed by atoms with E-state index in [0.29, 0.717) is 17.9 Å². The Hall–Kier alpha value is -1.35. The number of carbonyl (C=O) groups is 1. The molecule has 0 radical (unpaired) electrons. The van der Waals surface area contributed by atoms with Crippen LogP contribution in [-0.2, 0) is 10.2 Å². The predicted molar refractivity (Wildman–Crippen MR) is 85.2 cm³/mol. The fraction of sp³-hybridized carbons (Fsp3) is 0.611. The van der Waals surface area contributed by atoms with Crippen LogP contribution in [0.5, 0.6) is 0 Å². The summed E-state index contributed by atoms with van der Waals surface area (Å²) in [6.07, 6.45) is 2.95. The summed E-state index contributed by atoms with van der Waals surface area (Å²) in [5, 5.41) is 3.40. The van der Waals surface area contributed by atoms with Crippen molar-refractivity contribution in [1.82, 2.24) is 10.2 Å². The molecule has 0 bridgehead atoms. The number of carbonyl (C=O) groups excluding carboxylic acids is 1. The van der Waals surface area contributed by atoms with Crippen molar-refractivity contribution in [3.05, 3.63) is 35.9 Å². The summed E-state index contributed by atoms with van der Waals surface area (Å²) in [5.74, 6) is 0.977. The quantitative estimate of drug-likeness (QED) is 0.906. The lowest BCUT2D eigenvalue weighted by Gasteiger charge is -2.40. The maximum Gasteiger partial charge on any atom is 0.233 e. The van der Waals surface area contributed by atoms with Gasteiger partial charge < -0.3 is 10.2 Å². The smallest absolute Gasteiger partial charge is 0.233 e. The van der Waals surface area contributed by atoms with Gasteiger partial charge in [-0.3, -0.25) is 4.79 Å². The molecule has 1 amide bonds. The highest BCUT2D eigenvalue weighted by atomic mass is 16.2. The molecule has 3 nitrogen and oxygen atoms in total. The Morgan fingerprint density at radius 3 is 2.43 bits per heavy atom. The molecule has 0 aromatic heterocycles. The lowest BCUT2D eigenvalue weighted by molar-refractivity contribution is -0.139. The van der Waals surface area contributed by atoms with Crippen LogP contribution in [0.3, 0.4) is 0 Å². The predicted octanol–water partition coefficient (Wildman–Crippen LogP) is 2.56. The summed E-state index contributed by atoms with van der Waals surface area (Å²) in [5.41, 5.74) is 0.883. The highest BCUT2D eigenvalue weighted by molar-refractivity contribution is 5.89. The van der Waals surface area contributed by atoms with E-state index in [2.05, 4.69) is 48.3 Å². The summed E-state index contributed by atoms with van der Waals surface area (Å²) in [4.78, 5) is 15.5. The molecule has 2 atom stereocenters. The van der Waals surface area contributed by atoms with Crippen LogP contribution in [0.25, 0.3) is 0 Å². The lowest BCUT2D eigenvalue weighted by atomic mass is 9.72. The zero-order valence-electron chi connectivity index (χ0n) is 13.1. The molecule has 0 spiro atoms. The average Bonchev–Trinajstić information content (AvgIpc) is 2.86. The van der Waals surface area contributed by atoms with Crippen LogP contribution in [-0.4, -0.2) is 36.5 Å². The summed E-state index contributed by atoms with van der Waals surface area (Å²) in [6, 6.07) is 10.8. The van der Waals surface area contributed by atoms with Gasteiger partial charge in [0, 0.05) is 12.6 Å². The molecule has 2 saturated heterocycles. The van der Waals surface area contributed by atoms with Gasteiger partial charge in [-0.25, -0.2) is 0 Å². The van der Waals surface area contributed by atoms with Gasteiger partial charge in [-0.2, -0.15) is 0 Å². The average molecular weight is 286 g/mol. The Kier molecular flexibility index (Phi) is 4.03. The molecule has 3 rings (SSSR count). The SMILES string of the molecule is CC1CC(C)N(C(=O)C2(c3ccccc3)CCNCC2)C1. The van der Waals surface area contributed by atoms with E-state index in [9.17, 15) is 4.79 Å². The number of benzene rings is 1. The highest BCUT2D eigenvalue weighted by Gasteiger charge is 2.46. The minimum atomic E-state index is -0.315. The van der Waals surface area contributed by atoms with Crippen LogP contribution in [0.4, 0.5) is 0 Å². The molecule has 1 N–H and O–H groups in total. The number of nitrogens with zero attached hydrogens (tertiary/aromatic N) is 1. The third-order valence-electron chi connectivity index (χ3n) is 5.24. The lowest BCUT2D eigenvalue weighted by Crippen LogP contribution is -2.53. The van der Waals surface area contributed by atoms with Crippen LogP contribution in [0, 0.1) is 5.92 Å². The van der Waals surface area contributed by atoms with Crippen LogP contribution in [0.15, 0.2) is 30.3 Å². The minimum Gasteiger partial charge on any atom is -0.339 e. The maximum absolute atomic E-state index is 13.4. The molecule has 0 aliphatic carbocycles. The standard InChI is InChI=1S/C18H26N2O/c1-14-12-15(2)20(13-14)17(21)18(8-10-19-11-9-18)16-6-4-3-5-7-16/h3-7,14-15,19H,8-13H2,1-2H3. The van der Waals surface area contributed by atoms with Crippen molar-refractivity contribution in [3.63, 3.8) is 0 Å². The molecule has 1 aromatic carbocycles. The van der Waals surface area contributed by atoms with Crippen molar-refractivity contribution in [2.75, 3.05) is 19.6 Å². The van der Waals surface area contributed by atoms with Crippen molar-refractivity contribution in [2.45, 2.75) is 44.6 Å². The van der Waals surface area contributed by atoms with Gasteiger partial charge >= 0.3 is 0 Å². The zero-order valence-corrected chi connectivity index (χ0v) is 13.1. The molecule has 2 fully saturated rings. The Morgan fingerprint density at radius 2 is 1.86 bits per heavy atom. The van der Waals surface area contributed by atoms with Gasteiger partial charge in [-0.05, 0) is 50.8 Å². The Labute approximate surface area is 127 Å². The van der Waals surface area contributed by atoms with Crippen molar-refractivity contribution in [1.29, 1.82) is 0 Å². The molecular weight excluding hydrogens is 260 g/mol. The first-order valence-corrected chi connectivity index (χ1v) is 8.21. The third-order valence-corrected chi connectivity index (χ3v) is 5.24. The summed E-state index contributed by atoms with van der Waals surface area (Å²) < 4.78 is 0. The van der Waals surface area contributed by atoms with E-state index in [4.69, 9.17) is 0 Å². The molecule has 3 heteroatoms. The van der Waals surface area contributed by atoms with Gasteiger partial charge in [0.2, 0.25) is 5.91 Å². The molecule has 21 heavy (non-hydrogen) atoms. The molecule has 0 saturated carbocycles. The van der Waals surface area contributed by atoms with E-state index < -0.39 is 0 Å². The summed E-state index contributed by atoms with van der Waals surface area (Å²) in [6.45, 7) is 7.22. The van der Waals surface area contributed by atoms with Crippen LogP contribution in [0.1, 0.15) is 38.7 Å². The van der Waals surface area contributed by atoms with E-state index >= 15 is 0 Å². The number of piperidine rings is 1. The van der Waals surface area contributed by atoms with Crippen molar-refractivity contribution in [3.8, 4) is 0 Å². The first kappa shape index (κ1) is 14.6. The first-order chi connectivity index (χ1) is 10.1. The van der Waals surface area contributed by atoms with E-state index in [1.165, 1.54) is 5.56 Å². The van der Waals surface area contributed by atoms with E-state index in [1.807, 2.05) is 6.07 Å². The number of likely N-dealkylation sites (tertiary alicyclic amines) is 1. The number of hydrogen-bond acceptors (Lipinski definition) is 2. The maximum atomic E-state index is 13.4. The van der Waals surface area contributed by atoms with E-state index in [-0.39, 0.29) is 5.41 Å². The first-order valence-electron chi connectivity index (χ1n) is 8.21. The Bertz CT molecular complexity index is 493. The van der Waals surface area contributed by atoms with Crippen LogP contribution in [0.2, 0.25) is 0 Å². The summed E-state index contributed by atoms with van der Waals surface area (Å²) >= 11 is 0. The van der Waals surface area contributed by atoms with Gasteiger partial charge in [0.15, 0.2) is 0 Å². The largest absolute Gasteiger partial charge is 0.339 e. The van der Waals surface area contributed by atoms with Gasteiger partial charge in [-0.1, -0.05) is 37.3 Å². The fourth-order valence-electron chi connectivity index (χ4n) is 4.09. The number of amides is 1. The molecule has 114 valence electrons. The Balaban J connectivity index is 1.94. The van der Waals surface area contributed by atoms with Gasteiger partial charge in [0.1, 0.15) is 0 Å². The Morgan fingerprint density at radius 1 is 1.19 bits per heavy atom. The summed E-state index contributed by atoms with van der Waals surface area (Å²) in [7, 11) is 0. The number of rotatable bonds is 2. The minimum absolute atomic E-state index is 0.315. The van der Waals surface area contributed by atoms with Gasteiger partial charge in [0.25, 0.3) is 0 Å². The van der Waals surface area contributed by atoms with Crippen molar-refractivity contribution in [2.24, 2.45) is 5.92 Å². The van der Waals surface area contributed by atoms with Crippen LogP contribution >= 0.6 is 0 Å². The van der Waals surface area contributed by atoms with Gasteiger partial charge in [-0.15, -0.1) is 0 Å². The van der Waals surface area contributed by atoms with Gasteiger partial charge in [0.05, 0.1) is 5.41 Å². The fourth-order valence-corrected chi connectivity index (χ4v) is 4.09. The molecule has 2 unspecified atom stereocenters. The molecule has 2 aliphatic heterocycles. The zero-order chi connectivity index (χ0) is 14.9. The third kappa shape index (κ3) is 2.59. The van der Waals surface area contributed by atoms with E-state index in [1.54, 1.807) is 0 Å². The molecular formula is C18H26N2O. The number of nitrogens with one attached hydrogen (secondary N) is 1. The van der Waals surface area contributed by atoms with Crippen LogP contribution < -0.4 is 5.32 Å². The highest BCUT2D eigenvalue weighted by Crippen LogP contribution is 2.38. The van der Waals surface area contributed by atoms with E-state index in [0.717, 1.165) is 38.9 Å². The normalized spacial score (nSPS) is 28.6. The second-order valence-electron chi connectivity index (χ2n) is 6.85. The topological polar surface area (TPSA) is 32.3 Å². The van der Waals surface area contributed by atoms with Crippen molar-refractivity contribution < 1.29 is 4.79 Å². The monoisotopic (exact) mass is 286 g/mol. The molecule has 1 aromatic rings. The van der Waals surface area contributed by atoms with Crippen molar-refractivity contribution >= 4 is 5.91 Å². The second-order valence-corrected chi connectivity index (χ2v) is 6.85.